The predicted octanol–water partition coefficient (Wildman–Crippen LogP) is 5.12. The topological polar surface area (TPSA) is 46.5 Å². The minimum Gasteiger partial charge on any atom is -0.487 e. The Labute approximate surface area is 149 Å². The minimum atomic E-state index is -0.818. The summed E-state index contributed by atoms with van der Waals surface area (Å²) in [7, 11) is 0. The van der Waals surface area contributed by atoms with Crippen LogP contribution in [0.5, 0.6) is 5.75 Å². The monoisotopic (exact) mass is 384 g/mol. The van der Waals surface area contributed by atoms with Gasteiger partial charge in [0.2, 0.25) is 0 Å². The second-order valence-electron chi connectivity index (χ2n) is 5.72. The molecule has 3 aromatic carbocycles. The van der Waals surface area contributed by atoms with Crippen molar-refractivity contribution in [2.45, 2.75) is 20.0 Å². The van der Waals surface area contributed by atoms with E-state index in [4.69, 9.17) is 9.84 Å². The maximum Gasteiger partial charge on any atom is 0.307 e. The summed E-state index contributed by atoms with van der Waals surface area (Å²) >= 11 is 3.55. The fraction of sp³-hybridized carbons (Fsp3) is 0.150. The third-order valence-corrected chi connectivity index (χ3v) is 4.59. The number of hydrogen-bond donors (Lipinski definition) is 1. The van der Waals surface area contributed by atoms with Crippen LogP contribution >= 0.6 is 15.9 Å². The number of ether oxygens (including phenoxy) is 1. The van der Waals surface area contributed by atoms with Crippen LogP contribution in [-0.2, 0) is 17.8 Å². The van der Waals surface area contributed by atoms with Gasteiger partial charge in [-0.15, -0.1) is 0 Å². The van der Waals surface area contributed by atoms with Crippen LogP contribution in [0.2, 0.25) is 0 Å². The summed E-state index contributed by atoms with van der Waals surface area (Å²) in [5.41, 5.74) is 2.81. The lowest BCUT2D eigenvalue weighted by atomic mass is 10.0. The molecule has 0 saturated heterocycles. The van der Waals surface area contributed by atoms with Crippen LogP contribution in [0.25, 0.3) is 10.8 Å². The van der Waals surface area contributed by atoms with Gasteiger partial charge in [0.25, 0.3) is 0 Å². The van der Waals surface area contributed by atoms with Gasteiger partial charge in [-0.05, 0) is 51.0 Å². The van der Waals surface area contributed by atoms with Crippen LogP contribution in [0.1, 0.15) is 16.7 Å². The van der Waals surface area contributed by atoms with Crippen molar-refractivity contribution in [3.8, 4) is 5.75 Å². The first-order valence-electron chi connectivity index (χ1n) is 7.65. The number of carboxylic acids is 1. The van der Waals surface area contributed by atoms with Crippen molar-refractivity contribution >= 4 is 32.7 Å². The van der Waals surface area contributed by atoms with Gasteiger partial charge in [-0.3, -0.25) is 4.79 Å². The molecular formula is C20H17BrO3. The van der Waals surface area contributed by atoms with E-state index in [0.29, 0.717) is 6.61 Å². The summed E-state index contributed by atoms with van der Waals surface area (Å²) < 4.78 is 6.97. The van der Waals surface area contributed by atoms with E-state index in [1.807, 2.05) is 49.4 Å². The Hall–Kier alpha value is -2.33. The minimum absolute atomic E-state index is 0.0435. The Kier molecular flexibility index (Phi) is 4.86. The average molecular weight is 385 g/mol. The van der Waals surface area contributed by atoms with Gasteiger partial charge >= 0.3 is 5.97 Å². The molecule has 0 aromatic heterocycles. The smallest absolute Gasteiger partial charge is 0.307 e. The zero-order valence-corrected chi connectivity index (χ0v) is 14.8. The first kappa shape index (κ1) is 16.5. The molecule has 0 aliphatic carbocycles. The Morgan fingerprint density at radius 2 is 1.92 bits per heavy atom. The number of rotatable bonds is 5. The molecule has 0 spiro atoms. The quantitative estimate of drug-likeness (QED) is 0.664. The maximum absolute atomic E-state index is 10.8. The third-order valence-electron chi connectivity index (χ3n) is 3.96. The van der Waals surface area contributed by atoms with E-state index in [1.54, 1.807) is 0 Å². The molecule has 0 fully saturated rings. The molecule has 1 N–H and O–H groups in total. The zero-order valence-electron chi connectivity index (χ0n) is 13.3. The van der Waals surface area contributed by atoms with Gasteiger partial charge < -0.3 is 9.84 Å². The Morgan fingerprint density at radius 3 is 2.67 bits per heavy atom. The number of fused-ring (bicyclic) bond motifs is 1. The lowest BCUT2D eigenvalue weighted by Gasteiger charge is -2.13. The molecule has 0 aliphatic heterocycles. The number of benzene rings is 3. The Balaban J connectivity index is 1.83. The number of hydrogen-bond acceptors (Lipinski definition) is 2. The predicted molar refractivity (Wildman–Crippen MR) is 98.5 cm³/mol. The fourth-order valence-corrected chi connectivity index (χ4v) is 3.19. The number of carbonyl (C=O) groups is 1. The van der Waals surface area contributed by atoms with E-state index in [1.165, 1.54) is 0 Å². The average Bonchev–Trinajstić information content (AvgIpc) is 2.56. The van der Waals surface area contributed by atoms with Gasteiger partial charge in [0.15, 0.2) is 0 Å². The van der Waals surface area contributed by atoms with Crippen LogP contribution in [0.4, 0.5) is 0 Å². The highest BCUT2D eigenvalue weighted by molar-refractivity contribution is 9.10. The van der Waals surface area contributed by atoms with Gasteiger partial charge in [-0.1, -0.05) is 48.5 Å². The van der Waals surface area contributed by atoms with Gasteiger partial charge in [0, 0.05) is 5.39 Å². The van der Waals surface area contributed by atoms with Crippen LogP contribution in [0.3, 0.4) is 0 Å². The van der Waals surface area contributed by atoms with Crippen molar-refractivity contribution in [3.05, 3.63) is 75.8 Å². The normalized spacial score (nSPS) is 10.8. The summed E-state index contributed by atoms with van der Waals surface area (Å²) in [4.78, 5) is 10.8. The number of halogens is 1. The van der Waals surface area contributed by atoms with E-state index in [-0.39, 0.29) is 6.42 Å². The fourth-order valence-electron chi connectivity index (χ4n) is 2.73. The van der Waals surface area contributed by atoms with Crippen LogP contribution in [0, 0.1) is 6.92 Å². The van der Waals surface area contributed by atoms with Crippen LogP contribution < -0.4 is 4.74 Å². The molecular weight excluding hydrogens is 368 g/mol. The van der Waals surface area contributed by atoms with Gasteiger partial charge in [-0.25, -0.2) is 0 Å². The molecule has 0 radical (unpaired) electrons. The molecule has 0 unspecified atom stereocenters. The Morgan fingerprint density at radius 1 is 1.12 bits per heavy atom. The number of carboxylic acid groups (broad SMARTS) is 1. The van der Waals surface area contributed by atoms with Crippen molar-refractivity contribution in [3.63, 3.8) is 0 Å². The van der Waals surface area contributed by atoms with Crippen LogP contribution in [-0.4, -0.2) is 11.1 Å². The van der Waals surface area contributed by atoms with Gasteiger partial charge in [0.1, 0.15) is 12.4 Å². The highest BCUT2D eigenvalue weighted by Crippen LogP contribution is 2.34. The molecule has 0 amide bonds. The molecule has 0 bridgehead atoms. The molecule has 3 aromatic rings. The molecule has 3 nitrogen and oxygen atoms in total. The first-order chi connectivity index (χ1) is 11.5. The second kappa shape index (κ2) is 7.05. The van der Waals surface area contributed by atoms with Gasteiger partial charge in [-0.2, -0.15) is 0 Å². The molecule has 0 aliphatic rings. The first-order valence-corrected chi connectivity index (χ1v) is 8.44. The molecule has 0 atom stereocenters. The maximum atomic E-state index is 10.8. The lowest BCUT2D eigenvalue weighted by Crippen LogP contribution is -2.03. The van der Waals surface area contributed by atoms with E-state index >= 15 is 0 Å². The summed E-state index contributed by atoms with van der Waals surface area (Å²) in [5.74, 6) is 0.00199. The Bertz CT molecular complexity index is 903. The summed E-state index contributed by atoms with van der Waals surface area (Å²) in [6.45, 7) is 2.36. The van der Waals surface area contributed by atoms with Crippen molar-refractivity contribution in [2.75, 3.05) is 0 Å². The highest BCUT2D eigenvalue weighted by Gasteiger charge is 2.09. The summed E-state index contributed by atoms with van der Waals surface area (Å²) in [5, 5.41) is 11.1. The highest BCUT2D eigenvalue weighted by atomic mass is 79.9. The van der Waals surface area contributed by atoms with Crippen molar-refractivity contribution in [1.82, 2.24) is 0 Å². The third kappa shape index (κ3) is 3.60. The molecule has 3 rings (SSSR count). The van der Waals surface area contributed by atoms with Crippen molar-refractivity contribution < 1.29 is 14.6 Å². The van der Waals surface area contributed by atoms with Gasteiger partial charge in [0.05, 0.1) is 10.9 Å². The van der Waals surface area contributed by atoms with Crippen molar-refractivity contribution in [2.24, 2.45) is 0 Å². The zero-order chi connectivity index (χ0) is 17.1. The molecule has 4 heteroatoms. The van der Waals surface area contributed by atoms with E-state index < -0.39 is 5.97 Å². The molecule has 24 heavy (non-hydrogen) atoms. The van der Waals surface area contributed by atoms with Crippen LogP contribution in [0.15, 0.2) is 59.1 Å². The van der Waals surface area contributed by atoms with Crippen molar-refractivity contribution in [1.29, 1.82) is 0 Å². The molecule has 122 valence electrons. The summed E-state index contributed by atoms with van der Waals surface area (Å²) in [6, 6.07) is 17.9. The van der Waals surface area contributed by atoms with E-state index in [9.17, 15) is 4.79 Å². The number of aryl methyl sites for hydroxylation is 1. The second-order valence-corrected chi connectivity index (χ2v) is 6.57. The largest absolute Gasteiger partial charge is 0.487 e. The molecule has 0 saturated carbocycles. The van der Waals surface area contributed by atoms with E-state index in [2.05, 4.69) is 28.1 Å². The van der Waals surface area contributed by atoms with E-state index in [0.717, 1.165) is 37.7 Å². The SMILES string of the molecule is Cc1cc(COc2c(Br)ccc3ccccc23)ccc1CC(=O)O. The lowest BCUT2D eigenvalue weighted by molar-refractivity contribution is -0.136. The molecule has 0 heterocycles. The number of aliphatic carboxylic acids is 1. The summed E-state index contributed by atoms with van der Waals surface area (Å²) in [6.07, 6.45) is 0.0435. The standard InChI is InChI=1S/C20H17BrO3/c1-13-10-14(6-7-16(13)11-19(22)23)12-24-20-17-5-3-2-4-15(17)8-9-18(20)21/h2-10H,11-12H2,1H3,(H,22,23).